The molecule has 0 aliphatic heterocycles. The Labute approximate surface area is 135 Å². The van der Waals surface area contributed by atoms with E-state index in [1.165, 1.54) is 5.56 Å². The number of rotatable bonds is 3. The lowest BCUT2D eigenvalue weighted by Gasteiger charge is -2.15. The molecule has 2 rings (SSSR count). The van der Waals surface area contributed by atoms with Crippen molar-refractivity contribution in [2.45, 2.75) is 12.3 Å². The van der Waals surface area contributed by atoms with E-state index < -0.39 is 0 Å². The third-order valence-electron chi connectivity index (χ3n) is 2.95. The largest absolute Gasteiger partial charge is 0.496 e. The Balaban J connectivity index is 2.45. The van der Waals surface area contributed by atoms with Crippen LogP contribution in [0.25, 0.3) is 0 Å². The first-order valence-corrected chi connectivity index (χ1v) is 7.78. The van der Waals surface area contributed by atoms with Crippen LogP contribution in [0.15, 0.2) is 45.3 Å². The summed E-state index contributed by atoms with van der Waals surface area (Å²) < 4.78 is 7.43. The quantitative estimate of drug-likeness (QED) is 0.583. The second-order valence-electron chi connectivity index (χ2n) is 4.26. The van der Waals surface area contributed by atoms with Gasteiger partial charge >= 0.3 is 0 Å². The Morgan fingerprint density at radius 2 is 1.84 bits per heavy atom. The third-order valence-corrected chi connectivity index (χ3v) is 4.79. The van der Waals surface area contributed by atoms with Gasteiger partial charge in [0.05, 0.1) is 12.5 Å². The summed E-state index contributed by atoms with van der Waals surface area (Å²) >= 11 is 13.6. The average molecular weight is 405 g/mol. The van der Waals surface area contributed by atoms with E-state index in [0.717, 1.165) is 25.8 Å². The van der Waals surface area contributed by atoms with E-state index in [2.05, 4.69) is 44.8 Å². The fraction of sp³-hybridized carbons (Fsp3) is 0.200. The molecule has 0 amide bonds. The molecule has 0 heterocycles. The van der Waals surface area contributed by atoms with Crippen molar-refractivity contribution in [1.29, 1.82) is 0 Å². The van der Waals surface area contributed by atoms with E-state index in [9.17, 15) is 0 Å². The maximum atomic E-state index is 6.59. The van der Waals surface area contributed by atoms with Crippen LogP contribution in [0, 0.1) is 6.92 Å². The van der Waals surface area contributed by atoms with Crippen LogP contribution in [0.5, 0.6) is 5.75 Å². The minimum absolute atomic E-state index is 0.246. The molecular weight excluding hydrogens is 391 g/mol. The van der Waals surface area contributed by atoms with Gasteiger partial charge in [-0.15, -0.1) is 11.6 Å². The van der Waals surface area contributed by atoms with Crippen LogP contribution in [-0.4, -0.2) is 7.11 Å². The second kappa shape index (κ2) is 6.29. The number of hydrogen-bond acceptors (Lipinski definition) is 1. The van der Waals surface area contributed by atoms with Gasteiger partial charge in [0.25, 0.3) is 0 Å². The molecule has 2 aromatic rings. The van der Waals surface area contributed by atoms with Gasteiger partial charge in [-0.2, -0.15) is 0 Å². The molecule has 0 bridgehead atoms. The zero-order valence-corrected chi connectivity index (χ0v) is 14.5. The highest BCUT2D eigenvalue weighted by Crippen LogP contribution is 2.37. The molecule has 0 fully saturated rings. The molecule has 0 aliphatic rings. The topological polar surface area (TPSA) is 9.23 Å². The average Bonchev–Trinajstić information content (AvgIpc) is 2.41. The van der Waals surface area contributed by atoms with Crippen molar-refractivity contribution in [1.82, 2.24) is 0 Å². The van der Waals surface area contributed by atoms with Crippen molar-refractivity contribution in [2.75, 3.05) is 7.11 Å². The Kier molecular flexibility index (Phi) is 4.93. The standard InChI is InChI=1S/C15H13Br2ClO/c1-9-3-4-10(7-13(9)17)15(18)12-8-11(16)5-6-14(12)19-2/h3-8,15H,1-2H3. The summed E-state index contributed by atoms with van der Waals surface area (Å²) in [5, 5.41) is -0.246. The van der Waals surface area contributed by atoms with E-state index in [1.54, 1.807) is 7.11 Å². The van der Waals surface area contributed by atoms with Crippen molar-refractivity contribution in [3.8, 4) is 5.75 Å². The lowest BCUT2D eigenvalue weighted by molar-refractivity contribution is 0.410. The highest BCUT2D eigenvalue weighted by Gasteiger charge is 2.16. The minimum Gasteiger partial charge on any atom is -0.496 e. The number of ether oxygens (including phenoxy) is 1. The molecule has 100 valence electrons. The molecule has 19 heavy (non-hydrogen) atoms. The maximum absolute atomic E-state index is 6.59. The van der Waals surface area contributed by atoms with Crippen molar-refractivity contribution in [2.24, 2.45) is 0 Å². The van der Waals surface area contributed by atoms with Gasteiger partial charge in [-0.25, -0.2) is 0 Å². The Bertz CT molecular complexity index is 599. The fourth-order valence-electron chi connectivity index (χ4n) is 1.85. The third kappa shape index (κ3) is 3.33. The zero-order chi connectivity index (χ0) is 14.0. The Morgan fingerprint density at radius 3 is 2.47 bits per heavy atom. The van der Waals surface area contributed by atoms with Crippen LogP contribution in [0.3, 0.4) is 0 Å². The molecule has 4 heteroatoms. The molecule has 0 N–H and O–H groups in total. The first-order chi connectivity index (χ1) is 9.02. The summed E-state index contributed by atoms with van der Waals surface area (Å²) in [5.41, 5.74) is 3.18. The number of benzene rings is 2. The lowest BCUT2D eigenvalue weighted by Crippen LogP contribution is -1.98. The van der Waals surface area contributed by atoms with Crippen LogP contribution >= 0.6 is 43.5 Å². The number of halogens is 3. The first-order valence-electron chi connectivity index (χ1n) is 5.76. The monoisotopic (exact) mass is 402 g/mol. The van der Waals surface area contributed by atoms with Crippen LogP contribution in [0.1, 0.15) is 22.1 Å². The number of alkyl halides is 1. The van der Waals surface area contributed by atoms with Crippen LogP contribution < -0.4 is 4.74 Å². The van der Waals surface area contributed by atoms with E-state index in [1.807, 2.05) is 30.3 Å². The summed E-state index contributed by atoms with van der Waals surface area (Å²) in [4.78, 5) is 0. The maximum Gasteiger partial charge on any atom is 0.123 e. The van der Waals surface area contributed by atoms with Crippen molar-refractivity contribution in [3.63, 3.8) is 0 Å². The SMILES string of the molecule is COc1ccc(Br)cc1C(Cl)c1ccc(C)c(Br)c1. The van der Waals surface area contributed by atoms with Gasteiger partial charge in [0.15, 0.2) is 0 Å². The van der Waals surface area contributed by atoms with Crippen LogP contribution in [0.4, 0.5) is 0 Å². The van der Waals surface area contributed by atoms with E-state index in [-0.39, 0.29) is 5.38 Å². The number of methoxy groups -OCH3 is 1. The van der Waals surface area contributed by atoms with E-state index in [0.29, 0.717) is 0 Å². The van der Waals surface area contributed by atoms with E-state index >= 15 is 0 Å². The Morgan fingerprint density at radius 1 is 1.11 bits per heavy atom. The van der Waals surface area contributed by atoms with Gasteiger partial charge in [-0.3, -0.25) is 0 Å². The predicted molar refractivity (Wildman–Crippen MR) is 87.3 cm³/mol. The van der Waals surface area contributed by atoms with Gasteiger partial charge in [-0.1, -0.05) is 44.0 Å². The summed E-state index contributed by atoms with van der Waals surface area (Å²) in [5.74, 6) is 0.792. The normalized spacial score (nSPS) is 12.3. The summed E-state index contributed by atoms with van der Waals surface area (Å²) in [6.07, 6.45) is 0. The van der Waals surface area contributed by atoms with Gasteiger partial charge in [0.2, 0.25) is 0 Å². The van der Waals surface area contributed by atoms with Gasteiger partial charge in [-0.05, 0) is 42.3 Å². The van der Waals surface area contributed by atoms with Crippen molar-refractivity contribution < 1.29 is 4.74 Å². The summed E-state index contributed by atoms with van der Waals surface area (Å²) in [6, 6.07) is 12.0. The van der Waals surface area contributed by atoms with Gasteiger partial charge < -0.3 is 4.74 Å². The number of hydrogen-bond donors (Lipinski definition) is 0. The minimum atomic E-state index is -0.246. The van der Waals surface area contributed by atoms with Crippen molar-refractivity contribution >= 4 is 43.5 Å². The molecule has 0 spiro atoms. The molecule has 0 aromatic heterocycles. The second-order valence-corrected chi connectivity index (χ2v) is 6.46. The van der Waals surface area contributed by atoms with Gasteiger partial charge in [0.1, 0.15) is 5.75 Å². The molecular formula is C15H13Br2ClO. The summed E-state index contributed by atoms with van der Waals surface area (Å²) in [7, 11) is 1.65. The first kappa shape index (κ1) is 14.9. The van der Waals surface area contributed by atoms with Crippen LogP contribution in [0.2, 0.25) is 0 Å². The van der Waals surface area contributed by atoms with Crippen LogP contribution in [-0.2, 0) is 0 Å². The Hall–Kier alpha value is -0.510. The zero-order valence-electron chi connectivity index (χ0n) is 10.6. The lowest BCUT2D eigenvalue weighted by atomic mass is 10.0. The molecule has 1 unspecified atom stereocenters. The smallest absolute Gasteiger partial charge is 0.123 e. The molecule has 0 saturated carbocycles. The molecule has 1 nitrogen and oxygen atoms in total. The molecule has 0 radical (unpaired) electrons. The van der Waals surface area contributed by atoms with Crippen molar-refractivity contribution in [3.05, 3.63) is 62.0 Å². The summed E-state index contributed by atoms with van der Waals surface area (Å²) in [6.45, 7) is 2.05. The highest BCUT2D eigenvalue weighted by atomic mass is 79.9. The fourth-order valence-corrected chi connectivity index (χ4v) is 2.93. The number of aryl methyl sites for hydroxylation is 1. The highest BCUT2D eigenvalue weighted by molar-refractivity contribution is 9.10. The molecule has 0 aliphatic carbocycles. The molecule has 2 aromatic carbocycles. The molecule has 1 atom stereocenters. The predicted octanol–water partition coefficient (Wildman–Crippen LogP) is 5.86. The molecule has 0 saturated heterocycles. The van der Waals surface area contributed by atoms with Gasteiger partial charge in [0, 0.05) is 14.5 Å². The van der Waals surface area contributed by atoms with E-state index in [4.69, 9.17) is 16.3 Å².